The van der Waals surface area contributed by atoms with Gasteiger partial charge in [-0.05, 0) is 18.8 Å². The molecule has 4 atom stereocenters. The fourth-order valence-corrected chi connectivity index (χ4v) is 2.13. The van der Waals surface area contributed by atoms with Gasteiger partial charge in [0.05, 0.1) is 0 Å². The van der Waals surface area contributed by atoms with E-state index in [1.165, 1.54) is 13.8 Å². The third-order valence-corrected chi connectivity index (χ3v) is 3.88. The van der Waals surface area contributed by atoms with E-state index in [1.807, 2.05) is 13.8 Å². The first-order valence-electron chi connectivity index (χ1n) is 8.18. The largest absolute Gasteiger partial charge is 0.368 e. The van der Waals surface area contributed by atoms with Gasteiger partial charge in [0.25, 0.3) is 0 Å². The highest BCUT2D eigenvalue weighted by molar-refractivity contribution is 5.93. The first-order valence-corrected chi connectivity index (χ1v) is 8.18. The number of carbonyl (C=O) groups is 4. The van der Waals surface area contributed by atoms with Crippen LogP contribution in [0.15, 0.2) is 0 Å². The van der Waals surface area contributed by atoms with Gasteiger partial charge < -0.3 is 21.7 Å². The molecule has 24 heavy (non-hydrogen) atoms. The van der Waals surface area contributed by atoms with Crippen LogP contribution in [0.5, 0.6) is 0 Å². The van der Waals surface area contributed by atoms with E-state index in [4.69, 9.17) is 5.73 Å². The Morgan fingerprint density at radius 3 is 1.79 bits per heavy atom. The number of hydrogen-bond donors (Lipinski definition) is 4. The predicted molar refractivity (Wildman–Crippen MR) is 90.6 cm³/mol. The van der Waals surface area contributed by atoms with E-state index >= 15 is 0 Å². The van der Waals surface area contributed by atoms with Gasteiger partial charge >= 0.3 is 0 Å². The molecule has 0 spiro atoms. The average Bonchev–Trinajstić information content (AvgIpc) is 2.47. The van der Waals surface area contributed by atoms with Crippen LogP contribution in [0.3, 0.4) is 0 Å². The maximum atomic E-state index is 12.4. The maximum Gasteiger partial charge on any atom is 0.243 e. The number of primary amides is 1. The molecule has 0 rings (SSSR count). The van der Waals surface area contributed by atoms with Gasteiger partial charge in [-0.2, -0.15) is 0 Å². The quantitative estimate of drug-likeness (QED) is 0.457. The Hall–Kier alpha value is -2.12. The monoisotopic (exact) mass is 342 g/mol. The summed E-state index contributed by atoms with van der Waals surface area (Å²) in [7, 11) is 0. The van der Waals surface area contributed by atoms with Gasteiger partial charge in [-0.15, -0.1) is 0 Å². The van der Waals surface area contributed by atoms with Crippen molar-refractivity contribution in [2.45, 2.75) is 66.1 Å². The predicted octanol–water partition coefficient (Wildman–Crippen LogP) is -0.332. The Bertz CT molecular complexity index is 479. The van der Waals surface area contributed by atoms with Crippen molar-refractivity contribution in [3.63, 3.8) is 0 Å². The third kappa shape index (κ3) is 6.97. The molecule has 0 aliphatic carbocycles. The van der Waals surface area contributed by atoms with Gasteiger partial charge in [-0.25, -0.2) is 0 Å². The molecule has 0 aromatic heterocycles. The zero-order chi connectivity index (χ0) is 19.0. The molecular formula is C16H30N4O4. The van der Waals surface area contributed by atoms with Gasteiger partial charge in [0.15, 0.2) is 0 Å². The summed E-state index contributed by atoms with van der Waals surface area (Å²) in [5.41, 5.74) is 5.26. The van der Waals surface area contributed by atoms with E-state index in [0.717, 1.165) is 0 Å². The summed E-state index contributed by atoms with van der Waals surface area (Å²) in [6, 6.07) is -2.39. The van der Waals surface area contributed by atoms with Crippen molar-refractivity contribution in [2.24, 2.45) is 17.6 Å². The molecule has 0 aromatic carbocycles. The highest BCUT2D eigenvalue weighted by atomic mass is 16.2. The Kier molecular flexibility index (Phi) is 9.02. The first kappa shape index (κ1) is 21.9. The minimum Gasteiger partial charge on any atom is -0.368 e. The van der Waals surface area contributed by atoms with Gasteiger partial charge in [0.2, 0.25) is 23.6 Å². The van der Waals surface area contributed by atoms with Crippen molar-refractivity contribution < 1.29 is 19.2 Å². The number of nitrogens with two attached hydrogens (primary N) is 1. The normalized spacial score (nSPS) is 15.8. The molecule has 0 bridgehead atoms. The van der Waals surface area contributed by atoms with E-state index in [2.05, 4.69) is 16.0 Å². The lowest BCUT2D eigenvalue weighted by atomic mass is 9.98. The van der Waals surface area contributed by atoms with Crippen LogP contribution in [0.2, 0.25) is 0 Å². The summed E-state index contributed by atoms with van der Waals surface area (Å²) in [4.78, 5) is 47.1. The average molecular weight is 342 g/mol. The van der Waals surface area contributed by atoms with E-state index in [0.29, 0.717) is 6.42 Å². The van der Waals surface area contributed by atoms with Gasteiger partial charge in [0, 0.05) is 6.92 Å². The van der Waals surface area contributed by atoms with Crippen molar-refractivity contribution in [1.82, 2.24) is 16.0 Å². The van der Waals surface area contributed by atoms with Crippen molar-refractivity contribution in [1.29, 1.82) is 0 Å². The number of carbonyl (C=O) groups excluding carboxylic acids is 4. The summed E-state index contributed by atoms with van der Waals surface area (Å²) < 4.78 is 0. The first-order chi connectivity index (χ1) is 11.0. The zero-order valence-electron chi connectivity index (χ0n) is 15.3. The van der Waals surface area contributed by atoms with Crippen molar-refractivity contribution in [3.05, 3.63) is 0 Å². The molecule has 0 radical (unpaired) electrons. The Morgan fingerprint density at radius 1 is 0.875 bits per heavy atom. The second-order valence-electron chi connectivity index (χ2n) is 6.43. The molecule has 5 N–H and O–H groups in total. The molecule has 0 saturated heterocycles. The van der Waals surface area contributed by atoms with Gasteiger partial charge in [-0.1, -0.05) is 34.1 Å². The Labute approximate surface area is 143 Å². The highest BCUT2D eigenvalue weighted by Gasteiger charge is 2.29. The molecular weight excluding hydrogens is 312 g/mol. The summed E-state index contributed by atoms with van der Waals surface area (Å²) >= 11 is 0. The second-order valence-corrected chi connectivity index (χ2v) is 6.43. The van der Waals surface area contributed by atoms with Gasteiger partial charge in [-0.3, -0.25) is 19.2 Å². The van der Waals surface area contributed by atoms with Crippen LogP contribution in [-0.4, -0.2) is 41.8 Å². The lowest BCUT2D eigenvalue weighted by Crippen LogP contribution is -2.57. The second kappa shape index (κ2) is 9.89. The number of nitrogens with one attached hydrogen (secondary N) is 3. The molecule has 0 fully saturated rings. The van der Waals surface area contributed by atoms with Crippen LogP contribution >= 0.6 is 0 Å². The van der Waals surface area contributed by atoms with Crippen LogP contribution in [0.4, 0.5) is 0 Å². The molecule has 0 aliphatic rings. The smallest absolute Gasteiger partial charge is 0.243 e. The SMILES string of the molecule is CCC(C)C(NC(C)=O)C(=O)NC(C)C(=O)NC(C(N)=O)C(C)C. The fraction of sp³-hybridized carbons (Fsp3) is 0.750. The molecule has 0 heterocycles. The number of hydrogen-bond acceptors (Lipinski definition) is 4. The molecule has 8 nitrogen and oxygen atoms in total. The molecule has 4 unspecified atom stereocenters. The molecule has 0 aliphatic heterocycles. The molecule has 4 amide bonds. The minimum absolute atomic E-state index is 0.0850. The van der Waals surface area contributed by atoms with Gasteiger partial charge in [0.1, 0.15) is 18.1 Å². The topological polar surface area (TPSA) is 130 Å². The van der Waals surface area contributed by atoms with E-state index < -0.39 is 35.8 Å². The molecule has 0 saturated carbocycles. The molecule has 0 aromatic rings. The standard InChI is InChI=1S/C16H30N4O4/c1-7-9(4)13(19-11(6)21)16(24)18-10(5)15(23)20-12(8(2)3)14(17)22/h8-10,12-13H,7H2,1-6H3,(H2,17,22)(H,18,24)(H,19,21)(H,20,23). The summed E-state index contributed by atoms with van der Waals surface area (Å²) in [5.74, 6) is -2.15. The highest BCUT2D eigenvalue weighted by Crippen LogP contribution is 2.08. The van der Waals surface area contributed by atoms with E-state index in [9.17, 15) is 19.2 Å². The Balaban J connectivity index is 4.89. The minimum atomic E-state index is -0.863. The van der Waals surface area contributed by atoms with Crippen LogP contribution < -0.4 is 21.7 Å². The van der Waals surface area contributed by atoms with Crippen LogP contribution in [0.25, 0.3) is 0 Å². The number of rotatable bonds is 9. The fourth-order valence-electron chi connectivity index (χ4n) is 2.13. The number of amides is 4. The summed E-state index contributed by atoms with van der Waals surface area (Å²) in [6.07, 6.45) is 0.691. The third-order valence-electron chi connectivity index (χ3n) is 3.88. The molecule has 138 valence electrons. The summed E-state index contributed by atoms with van der Waals surface area (Å²) in [5, 5.41) is 7.69. The summed E-state index contributed by atoms with van der Waals surface area (Å²) in [6.45, 7) is 10.1. The van der Waals surface area contributed by atoms with Crippen molar-refractivity contribution in [2.75, 3.05) is 0 Å². The van der Waals surface area contributed by atoms with Crippen molar-refractivity contribution in [3.8, 4) is 0 Å². The van der Waals surface area contributed by atoms with Crippen LogP contribution in [0.1, 0.15) is 48.0 Å². The van der Waals surface area contributed by atoms with Crippen molar-refractivity contribution >= 4 is 23.6 Å². The van der Waals surface area contributed by atoms with E-state index in [1.54, 1.807) is 13.8 Å². The Morgan fingerprint density at radius 2 is 1.42 bits per heavy atom. The van der Waals surface area contributed by atoms with Crippen LogP contribution in [-0.2, 0) is 19.2 Å². The lowest BCUT2D eigenvalue weighted by molar-refractivity contribution is -0.133. The zero-order valence-corrected chi connectivity index (χ0v) is 15.3. The van der Waals surface area contributed by atoms with E-state index in [-0.39, 0.29) is 17.7 Å². The van der Waals surface area contributed by atoms with Crippen LogP contribution in [0, 0.1) is 11.8 Å². The maximum absolute atomic E-state index is 12.4. The lowest BCUT2D eigenvalue weighted by Gasteiger charge is -2.26. The molecule has 8 heteroatoms.